The average Bonchev–Trinajstić information content (AvgIpc) is 2.86. The van der Waals surface area contributed by atoms with Crippen LogP contribution >= 0.6 is 0 Å². The fourth-order valence-corrected chi connectivity index (χ4v) is 2.83. The molecule has 2 N–H and O–H groups in total. The van der Waals surface area contributed by atoms with Crippen LogP contribution in [0.2, 0.25) is 0 Å². The highest BCUT2D eigenvalue weighted by Gasteiger charge is 2.46. The van der Waals surface area contributed by atoms with Crippen molar-refractivity contribution in [3.05, 3.63) is 29.8 Å². The molecule has 1 fully saturated rings. The third-order valence-corrected chi connectivity index (χ3v) is 4.18. The number of fused-ring (bicyclic) bond motifs is 1. The van der Waals surface area contributed by atoms with Crippen molar-refractivity contribution >= 4 is 23.4 Å². The van der Waals surface area contributed by atoms with Crippen molar-refractivity contribution in [3.63, 3.8) is 0 Å². The van der Waals surface area contributed by atoms with Crippen molar-refractivity contribution in [2.75, 3.05) is 18.4 Å². The van der Waals surface area contributed by atoms with Gasteiger partial charge in [-0.1, -0.05) is 18.2 Å². The first-order chi connectivity index (χ1) is 9.91. The van der Waals surface area contributed by atoms with E-state index in [1.807, 2.05) is 24.3 Å². The maximum absolute atomic E-state index is 12.8. The molecule has 0 aliphatic carbocycles. The zero-order valence-electron chi connectivity index (χ0n) is 12.0. The van der Waals surface area contributed by atoms with Crippen molar-refractivity contribution in [2.24, 2.45) is 0 Å². The van der Waals surface area contributed by atoms with Gasteiger partial charge in [-0.3, -0.25) is 19.7 Å². The highest BCUT2D eigenvalue weighted by Crippen LogP contribution is 2.34. The molecule has 1 saturated heterocycles. The molecule has 2 aliphatic rings. The summed E-state index contributed by atoms with van der Waals surface area (Å²) in [6.45, 7) is 3.71. The Morgan fingerprint density at radius 2 is 2.00 bits per heavy atom. The van der Waals surface area contributed by atoms with E-state index >= 15 is 0 Å². The third kappa shape index (κ3) is 2.07. The van der Waals surface area contributed by atoms with Crippen molar-refractivity contribution in [1.29, 1.82) is 0 Å². The van der Waals surface area contributed by atoms with Gasteiger partial charge in [0.1, 0.15) is 12.1 Å². The summed E-state index contributed by atoms with van der Waals surface area (Å²) >= 11 is 0. The molecule has 3 rings (SSSR count). The van der Waals surface area contributed by atoms with Crippen LogP contribution in [0.3, 0.4) is 0 Å². The zero-order chi connectivity index (χ0) is 15.2. The largest absolute Gasteiger partial charge is 0.384 e. The van der Waals surface area contributed by atoms with E-state index in [1.54, 1.807) is 13.8 Å². The second-order valence-electron chi connectivity index (χ2n) is 5.88. The summed E-state index contributed by atoms with van der Waals surface area (Å²) < 4.78 is 0. The zero-order valence-corrected chi connectivity index (χ0v) is 12.0. The molecule has 0 radical (unpaired) electrons. The van der Waals surface area contributed by atoms with Gasteiger partial charge in [-0.15, -0.1) is 0 Å². The third-order valence-electron chi connectivity index (χ3n) is 4.18. The van der Waals surface area contributed by atoms with Gasteiger partial charge in [0.15, 0.2) is 0 Å². The number of benzene rings is 1. The van der Waals surface area contributed by atoms with Gasteiger partial charge >= 0.3 is 0 Å². The Morgan fingerprint density at radius 1 is 1.29 bits per heavy atom. The van der Waals surface area contributed by atoms with Gasteiger partial charge in [-0.2, -0.15) is 0 Å². The number of anilines is 1. The molecule has 3 amide bonds. The number of nitrogens with zero attached hydrogens (tertiary/aromatic N) is 1. The van der Waals surface area contributed by atoms with Crippen LogP contribution in [0.5, 0.6) is 0 Å². The minimum absolute atomic E-state index is 0.0871. The molecular formula is C15H17N3O3. The maximum Gasteiger partial charge on any atom is 0.252 e. The number of piperazine rings is 1. The monoisotopic (exact) mass is 287 g/mol. The molecule has 1 aromatic carbocycles. The molecule has 0 bridgehead atoms. The Bertz CT molecular complexity index is 639. The minimum atomic E-state index is -1.03. The Kier molecular flexibility index (Phi) is 2.97. The summed E-state index contributed by atoms with van der Waals surface area (Å²) in [7, 11) is 0. The van der Waals surface area contributed by atoms with Crippen LogP contribution in [0.4, 0.5) is 5.69 Å². The lowest BCUT2D eigenvalue weighted by Crippen LogP contribution is -2.66. The van der Waals surface area contributed by atoms with E-state index in [0.29, 0.717) is 6.54 Å². The first kappa shape index (κ1) is 13.6. The number of imide groups is 1. The van der Waals surface area contributed by atoms with Crippen molar-refractivity contribution < 1.29 is 14.4 Å². The lowest BCUT2D eigenvalue weighted by atomic mass is 9.93. The molecule has 1 aromatic rings. The van der Waals surface area contributed by atoms with Gasteiger partial charge < -0.3 is 10.2 Å². The quantitative estimate of drug-likeness (QED) is 0.736. The van der Waals surface area contributed by atoms with Gasteiger partial charge in [-0.05, 0) is 25.5 Å². The fourth-order valence-electron chi connectivity index (χ4n) is 2.83. The highest BCUT2D eigenvalue weighted by molar-refractivity contribution is 6.07. The molecule has 6 heteroatoms. The molecular weight excluding hydrogens is 270 g/mol. The number of rotatable bonds is 1. The summed E-state index contributed by atoms with van der Waals surface area (Å²) in [6.07, 6.45) is 0. The SMILES string of the molecule is CC1(C)C(=O)NC(=O)CN1C(=O)C1CNc2ccccc21. The smallest absolute Gasteiger partial charge is 0.252 e. The summed E-state index contributed by atoms with van der Waals surface area (Å²) in [5.41, 5.74) is 0.820. The molecule has 2 aliphatic heterocycles. The van der Waals surface area contributed by atoms with Crippen molar-refractivity contribution in [1.82, 2.24) is 10.2 Å². The minimum Gasteiger partial charge on any atom is -0.384 e. The Hall–Kier alpha value is -2.37. The molecule has 0 saturated carbocycles. The molecule has 1 unspecified atom stereocenters. The van der Waals surface area contributed by atoms with Gasteiger partial charge in [0.2, 0.25) is 11.8 Å². The number of para-hydroxylation sites is 1. The van der Waals surface area contributed by atoms with Crippen LogP contribution < -0.4 is 10.6 Å². The average molecular weight is 287 g/mol. The predicted molar refractivity (Wildman–Crippen MR) is 76.6 cm³/mol. The second kappa shape index (κ2) is 4.58. The number of carbonyl (C=O) groups excluding carboxylic acids is 3. The number of hydrogen-bond acceptors (Lipinski definition) is 4. The molecule has 110 valence electrons. The van der Waals surface area contributed by atoms with Crippen molar-refractivity contribution in [3.8, 4) is 0 Å². The van der Waals surface area contributed by atoms with Crippen LogP contribution in [0, 0.1) is 0 Å². The number of nitrogens with one attached hydrogen (secondary N) is 2. The van der Waals surface area contributed by atoms with Crippen LogP contribution in [0.25, 0.3) is 0 Å². The highest BCUT2D eigenvalue weighted by atomic mass is 16.2. The van der Waals surface area contributed by atoms with Gasteiger partial charge in [0.25, 0.3) is 5.91 Å². The van der Waals surface area contributed by atoms with E-state index in [2.05, 4.69) is 10.6 Å². The van der Waals surface area contributed by atoms with Crippen molar-refractivity contribution in [2.45, 2.75) is 25.3 Å². The predicted octanol–water partition coefficient (Wildman–Crippen LogP) is 0.459. The number of amides is 3. The number of hydrogen-bond donors (Lipinski definition) is 2. The second-order valence-corrected chi connectivity index (χ2v) is 5.88. The molecule has 21 heavy (non-hydrogen) atoms. The van der Waals surface area contributed by atoms with E-state index in [1.165, 1.54) is 4.90 Å². The normalized spacial score (nSPS) is 23.3. The van der Waals surface area contributed by atoms with E-state index < -0.39 is 17.4 Å². The van der Waals surface area contributed by atoms with Crippen LogP contribution in [-0.2, 0) is 14.4 Å². The maximum atomic E-state index is 12.8. The lowest BCUT2D eigenvalue weighted by molar-refractivity contribution is -0.156. The van der Waals surface area contributed by atoms with Crippen LogP contribution in [0.1, 0.15) is 25.3 Å². The van der Waals surface area contributed by atoms with Gasteiger partial charge in [0, 0.05) is 12.2 Å². The van der Waals surface area contributed by atoms with E-state index in [9.17, 15) is 14.4 Å². The first-order valence-corrected chi connectivity index (χ1v) is 6.90. The molecule has 6 nitrogen and oxygen atoms in total. The summed E-state index contributed by atoms with van der Waals surface area (Å²) in [5.74, 6) is -1.43. The Morgan fingerprint density at radius 3 is 2.76 bits per heavy atom. The van der Waals surface area contributed by atoms with Gasteiger partial charge in [-0.25, -0.2) is 0 Å². The summed E-state index contributed by atoms with van der Waals surface area (Å²) in [5, 5.41) is 5.46. The molecule has 2 heterocycles. The van der Waals surface area contributed by atoms with Gasteiger partial charge in [0.05, 0.1) is 5.92 Å². The van der Waals surface area contributed by atoms with Crippen LogP contribution in [0.15, 0.2) is 24.3 Å². The topological polar surface area (TPSA) is 78.5 Å². The van der Waals surface area contributed by atoms with E-state index in [4.69, 9.17) is 0 Å². The van der Waals surface area contributed by atoms with E-state index in [0.717, 1.165) is 11.3 Å². The standard InChI is InChI=1S/C15H17N3O3/c1-15(2)14(21)17-12(19)8-18(15)13(20)10-7-16-11-6-4-3-5-9(10)11/h3-6,10,16H,7-8H2,1-2H3,(H,17,19,21). The number of carbonyl (C=O) groups is 3. The molecule has 1 atom stereocenters. The fraction of sp³-hybridized carbons (Fsp3) is 0.400. The molecule has 0 spiro atoms. The van der Waals surface area contributed by atoms with Crippen LogP contribution in [-0.4, -0.2) is 41.2 Å². The Labute approximate surface area is 122 Å². The lowest BCUT2D eigenvalue weighted by Gasteiger charge is -2.41. The summed E-state index contributed by atoms with van der Waals surface area (Å²) in [4.78, 5) is 37.8. The first-order valence-electron chi connectivity index (χ1n) is 6.90. The summed E-state index contributed by atoms with van der Waals surface area (Å²) in [6, 6.07) is 7.60. The molecule has 0 aromatic heterocycles. The van der Waals surface area contributed by atoms with E-state index in [-0.39, 0.29) is 18.4 Å². The Balaban J connectivity index is 1.92.